The number of furan rings is 1. The van der Waals surface area contributed by atoms with Gasteiger partial charge >= 0.3 is 0 Å². The van der Waals surface area contributed by atoms with Gasteiger partial charge in [-0.05, 0) is 44.5 Å². The molecule has 0 aliphatic carbocycles. The van der Waals surface area contributed by atoms with Crippen molar-refractivity contribution in [2.45, 2.75) is 53.1 Å². The molecule has 0 saturated carbocycles. The molecule has 0 spiro atoms. The van der Waals surface area contributed by atoms with E-state index >= 15 is 0 Å². The molecule has 1 N–H and O–H groups in total. The number of nitrogens with zero attached hydrogens (tertiary/aromatic N) is 1. The van der Waals surface area contributed by atoms with Crippen molar-refractivity contribution in [1.82, 2.24) is 10.2 Å². The van der Waals surface area contributed by atoms with Crippen molar-refractivity contribution in [3.8, 4) is 0 Å². The van der Waals surface area contributed by atoms with E-state index in [1.807, 2.05) is 12.3 Å². The van der Waals surface area contributed by atoms with E-state index in [0.29, 0.717) is 11.5 Å². The maximum atomic E-state index is 5.11. The first-order valence-electron chi connectivity index (χ1n) is 7.36. The zero-order chi connectivity index (χ0) is 14.3. The van der Waals surface area contributed by atoms with E-state index in [9.17, 15) is 0 Å². The molecule has 0 amide bonds. The Morgan fingerprint density at radius 3 is 2.63 bits per heavy atom. The normalized spacial score (nSPS) is 14.0. The second-order valence-corrected chi connectivity index (χ2v) is 6.53. The average molecular weight is 266 g/mol. The minimum Gasteiger partial charge on any atom is -0.472 e. The Kier molecular flexibility index (Phi) is 6.59. The van der Waals surface area contributed by atoms with Crippen LogP contribution in [0.25, 0.3) is 0 Å². The lowest BCUT2D eigenvalue weighted by atomic mass is 9.84. The van der Waals surface area contributed by atoms with Gasteiger partial charge in [0, 0.05) is 18.2 Å². The van der Waals surface area contributed by atoms with Crippen LogP contribution in [0.15, 0.2) is 23.0 Å². The lowest BCUT2D eigenvalue weighted by Gasteiger charge is -2.33. The van der Waals surface area contributed by atoms with Gasteiger partial charge in [0.1, 0.15) is 0 Å². The Bertz CT molecular complexity index is 327. The summed E-state index contributed by atoms with van der Waals surface area (Å²) >= 11 is 0. The fourth-order valence-electron chi connectivity index (χ4n) is 2.28. The van der Waals surface area contributed by atoms with Gasteiger partial charge in [-0.25, -0.2) is 0 Å². The number of hydrogen-bond acceptors (Lipinski definition) is 3. The van der Waals surface area contributed by atoms with E-state index in [-0.39, 0.29) is 0 Å². The minimum atomic E-state index is 0.311. The van der Waals surface area contributed by atoms with Gasteiger partial charge in [0.2, 0.25) is 0 Å². The molecule has 0 aromatic carbocycles. The Hall–Kier alpha value is -0.800. The van der Waals surface area contributed by atoms with Crippen LogP contribution in [0.1, 0.15) is 46.1 Å². The van der Waals surface area contributed by atoms with Crippen molar-refractivity contribution in [2.75, 3.05) is 20.1 Å². The maximum Gasteiger partial charge on any atom is 0.0947 e. The van der Waals surface area contributed by atoms with Crippen molar-refractivity contribution in [1.29, 1.82) is 0 Å². The number of rotatable bonds is 8. The minimum absolute atomic E-state index is 0.311. The summed E-state index contributed by atoms with van der Waals surface area (Å²) in [6.45, 7) is 12.3. The SMILES string of the molecule is CCCNC(CCN(C)Cc1ccoc1)C(C)(C)C. The average Bonchev–Trinajstić information content (AvgIpc) is 2.80. The van der Waals surface area contributed by atoms with Crippen molar-refractivity contribution >= 4 is 0 Å². The first-order valence-corrected chi connectivity index (χ1v) is 7.36. The lowest BCUT2D eigenvalue weighted by Crippen LogP contribution is -2.42. The topological polar surface area (TPSA) is 28.4 Å². The second kappa shape index (κ2) is 7.71. The molecule has 0 radical (unpaired) electrons. The van der Waals surface area contributed by atoms with Crippen LogP contribution in [0.5, 0.6) is 0 Å². The highest BCUT2D eigenvalue weighted by molar-refractivity contribution is 5.04. The summed E-state index contributed by atoms with van der Waals surface area (Å²) in [6.07, 6.45) is 5.94. The highest BCUT2D eigenvalue weighted by Gasteiger charge is 2.23. The molecule has 1 heterocycles. The third-order valence-electron chi connectivity index (χ3n) is 3.52. The van der Waals surface area contributed by atoms with Crippen molar-refractivity contribution in [2.24, 2.45) is 5.41 Å². The van der Waals surface area contributed by atoms with Gasteiger partial charge in [0.05, 0.1) is 12.5 Å². The molecule has 0 bridgehead atoms. The summed E-state index contributed by atoms with van der Waals surface area (Å²) in [5, 5.41) is 3.68. The van der Waals surface area contributed by atoms with Crippen LogP contribution in [0.2, 0.25) is 0 Å². The van der Waals surface area contributed by atoms with Crippen molar-refractivity contribution < 1.29 is 4.42 Å². The van der Waals surface area contributed by atoms with Gasteiger partial charge < -0.3 is 14.6 Å². The Labute approximate surface area is 118 Å². The van der Waals surface area contributed by atoms with Crippen LogP contribution in [-0.2, 0) is 6.54 Å². The molecular weight excluding hydrogens is 236 g/mol. The van der Waals surface area contributed by atoms with Gasteiger partial charge in [0.25, 0.3) is 0 Å². The summed E-state index contributed by atoms with van der Waals surface area (Å²) in [4.78, 5) is 2.36. The van der Waals surface area contributed by atoms with Crippen molar-refractivity contribution in [3.05, 3.63) is 24.2 Å². The van der Waals surface area contributed by atoms with Gasteiger partial charge in [-0.2, -0.15) is 0 Å². The fourth-order valence-corrected chi connectivity index (χ4v) is 2.28. The first kappa shape index (κ1) is 16.3. The molecule has 3 nitrogen and oxygen atoms in total. The van der Waals surface area contributed by atoms with Gasteiger partial charge in [0.15, 0.2) is 0 Å². The Morgan fingerprint density at radius 1 is 1.37 bits per heavy atom. The van der Waals surface area contributed by atoms with Crippen LogP contribution in [-0.4, -0.2) is 31.1 Å². The molecule has 110 valence electrons. The smallest absolute Gasteiger partial charge is 0.0947 e. The highest BCUT2D eigenvalue weighted by Crippen LogP contribution is 2.22. The van der Waals surface area contributed by atoms with E-state index in [1.165, 1.54) is 18.4 Å². The molecule has 0 saturated heterocycles. The predicted molar refractivity (Wildman–Crippen MR) is 81.2 cm³/mol. The standard InChI is InChI=1S/C16H30N2O/c1-6-9-17-15(16(2,3)4)7-10-18(5)12-14-8-11-19-13-14/h8,11,13,15,17H,6-7,9-10,12H2,1-5H3. The molecule has 1 rings (SSSR count). The molecule has 3 heteroatoms. The molecule has 19 heavy (non-hydrogen) atoms. The Balaban J connectivity index is 2.38. The quantitative estimate of drug-likeness (QED) is 0.780. The molecular formula is C16H30N2O. The third-order valence-corrected chi connectivity index (χ3v) is 3.52. The first-order chi connectivity index (χ1) is 8.93. The van der Waals surface area contributed by atoms with Gasteiger partial charge in [-0.15, -0.1) is 0 Å². The van der Waals surface area contributed by atoms with Crippen LogP contribution in [0.4, 0.5) is 0 Å². The van der Waals surface area contributed by atoms with E-state index < -0.39 is 0 Å². The Morgan fingerprint density at radius 2 is 2.11 bits per heavy atom. The molecule has 0 fully saturated rings. The summed E-state index contributed by atoms with van der Waals surface area (Å²) < 4.78 is 5.11. The molecule has 1 atom stereocenters. The van der Waals surface area contributed by atoms with Crippen LogP contribution < -0.4 is 5.32 Å². The molecule has 0 aliphatic heterocycles. The lowest BCUT2D eigenvalue weighted by molar-refractivity contribution is 0.218. The second-order valence-electron chi connectivity index (χ2n) is 6.53. The predicted octanol–water partition coefficient (Wildman–Crippen LogP) is 3.52. The van der Waals surface area contributed by atoms with E-state index in [1.54, 1.807) is 6.26 Å². The molecule has 1 aromatic heterocycles. The maximum absolute atomic E-state index is 5.11. The third kappa shape index (κ3) is 6.26. The molecule has 1 unspecified atom stereocenters. The zero-order valence-corrected chi connectivity index (χ0v) is 13.2. The van der Waals surface area contributed by atoms with E-state index in [0.717, 1.165) is 19.6 Å². The van der Waals surface area contributed by atoms with E-state index in [2.05, 4.69) is 45.0 Å². The summed E-state index contributed by atoms with van der Waals surface area (Å²) in [6, 6.07) is 2.60. The molecule has 1 aromatic rings. The fraction of sp³-hybridized carbons (Fsp3) is 0.750. The van der Waals surface area contributed by atoms with E-state index in [4.69, 9.17) is 4.42 Å². The number of hydrogen-bond donors (Lipinski definition) is 1. The monoisotopic (exact) mass is 266 g/mol. The van der Waals surface area contributed by atoms with Gasteiger partial charge in [-0.1, -0.05) is 27.7 Å². The summed E-state index contributed by atoms with van der Waals surface area (Å²) in [5.74, 6) is 0. The van der Waals surface area contributed by atoms with Crippen molar-refractivity contribution in [3.63, 3.8) is 0 Å². The summed E-state index contributed by atoms with van der Waals surface area (Å²) in [5.41, 5.74) is 1.56. The highest BCUT2D eigenvalue weighted by atomic mass is 16.3. The van der Waals surface area contributed by atoms with Gasteiger partial charge in [-0.3, -0.25) is 0 Å². The van der Waals surface area contributed by atoms with Crippen LogP contribution >= 0.6 is 0 Å². The largest absolute Gasteiger partial charge is 0.472 e. The van der Waals surface area contributed by atoms with Crippen LogP contribution in [0.3, 0.4) is 0 Å². The molecule has 0 aliphatic rings. The van der Waals surface area contributed by atoms with Crippen LogP contribution in [0, 0.1) is 5.41 Å². The summed E-state index contributed by atoms with van der Waals surface area (Å²) in [7, 11) is 2.17. The zero-order valence-electron chi connectivity index (χ0n) is 13.2. The number of nitrogens with one attached hydrogen (secondary N) is 1.